The molecule has 2 fully saturated rings. The molecule has 29 heavy (non-hydrogen) atoms. The van der Waals surface area contributed by atoms with Gasteiger partial charge in [0.1, 0.15) is 11.6 Å². The topological polar surface area (TPSA) is 78.0 Å². The second-order valence-electron chi connectivity index (χ2n) is 8.64. The summed E-state index contributed by atoms with van der Waals surface area (Å²) in [4.78, 5) is 33.4. The van der Waals surface area contributed by atoms with Crippen molar-refractivity contribution in [2.24, 2.45) is 5.41 Å². The minimum atomic E-state index is 0.257. The molecule has 0 aliphatic carbocycles. The maximum absolute atomic E-state index is 12.5. The molecule has 0 bridgehead atoms. The predicted molar refractivity (Wildman–Crippen MR) is 113 cm³/mol. The number of likely N-dealkylation sites (tertiary alicyclic amines) is 1. The number of amides is 1. The molecule has 4 rings (SSSR count). The molecule has 2 saturated heterocycles. The Morgan fingerprint density at radius 3 is 2.72 bits per heavy atom. The number of aromatic nitrogens is 4. The van der Waals surface area contributed by atoms with E-state index in [4.69, 9.17) is 4.98 Å². The summed E-state index contributed by atoms with van der Waals surface area (Å²) < 4.78 is 0. The molecule has 7 heteroatoms. The summed E-state index contributed by atoms with van der Waals surface area (Å²) in [6.45, 7) is 7.84. The van der Waals surface area contributed by atoms with Gasteiger partial charge in [0.15, 0.2) is 0 Å². The highest BCUT2D eigenvalue weighted by Gasteiger charge is 2.41. The van der Waals surface area contributed by atoms with E-state index >= 15 is 0 Å². The number of carbonyl (C=O) groups is 1. The van der Waals surface area contributed by atoms with E-state index in [9.17, 15) is 4.79 Å². The van der Waals surface area contributed by atoms with Crippen molar-refractivity contribution in [2.75, 3.05) is 31.1 Å². The summed E-state index contributed by atoms with van der Waals surface area (Å²) in [7, 11) is 0. The SMILES string of the molecule is CCCc1cc(N2CCC3(CCC(=O)N(CCc4cnc[nH]4)C3)CC2)nc(C)n1. The monoisotopic (exact) mass is 396 g/mol. The average molecular weight is 397 g/mol. The lowest BCUT2D eigenvalue weighted by Gasteiger charge is -2.47. The number of piperidine rings is 2. The molecule has 0 unspecified atom stereocenters. The Labute approximate surface area is 173 Å². The van der Waals surface area contributed by atoms with Crippen LogP contribution < -0.4 is 4.90 Å². The molecule has 1 N–H and O–H groups in total. The maximum Gasteiger partial charge on any atom is 0.222 e. The number of imidazole rings is 1. The summed E-state index contributed by atoms with van der Waals surface area (Å²) in [5.74, 6) is 2.23. The largest absolute Gasteiger partial charge is 0.356 e. The highest BCUT2D eigenvalue weighted by Crippen LogP contribution is 2.41. The summed E-state index contributed by atoms with van der Waals surface area (Å²) in [6, 6.07) is 2.16. The molecule has 0 aromatic carbocycles. The van der Waals surface area contributed by atoms with E-state index in [1.165, 1.54) is 0 Å². The Balaban J connectivity index is 1.38. The van der Waals surface area contributed by atoms with Crippen LogP contribution in [0.1, 0.15) is 56.2 Å². The number of aryl methyl sites for hydroxylation is 2. The number of carbonyl (C=O) groups excluding carboxylic acids is 1. The van der Waals surface area contributed by atoms with E-state index in [0.717, 1.165) is 87.7 Å². The molecule has 2 aliphatic rings. The van der Waals surface area contributed by atoms with Crippen LogP contribution in [0, 0.1) is 12.3 Å². The second-order valence-corrected chi connectivity index (χ2v) is 8.64. The van der Waals surface area contributed by atoms with Gasteiger partial charge >= 0.3 is 0 Å². The molecular weight excluding hydrogens is 364 g/mol. The van der Waals surface area contributed by atoms with Gasteiger partial charge in [-0.3, -0.25) is 4.79 Å². The molecule has 1 amide bonds. The number of nitrogens with one attached hydrogen (secondary N) is 1. The molecule has 0 saturated carbocycles. The fourth-order valence-electron chi connectivity index (χ4n) is 4.76. The third-order valence-electron chi connectivity index (χ3n) is 6.49. The lowest BCUT2D eigenvalue weighted by molar-refractivity contribution is -0.138. The lowest BCUT2D eigenvalue weighted by atomic mass is 9.72. The van der Waals surface area contributed by atoms with E-state index in [2.05, 4.69) is 37.7 Å². The minimum absolute atomic E-state index is 0.257. The van der Waals surface area contributed by atoms with Gasteiger partial charge in [0.2, 0.25) is 5.91 Å². The number of nitrogens with zero attached hydrogens (tertiary/aromatic N) is 5. The number of H-pyrrole nitrogens is 1. The van der Waals surface area contributed by atoms with Crippen molar-refractivity contribution < 1.29 is 4.79 Å². The molecule has 1 spiro atoms. The molecule has 156 valence electrons. The van der Waals surface area contributed by atoms with Gasteiger partial charge in [-0.25, -0.2) is 15.0 Å². The molecule has 2 aliphatic heterocycles. The Bertz CT molecular complexity index is 826. The first-order valence-corrected chi connectivity index (χ1v) is 10.9. The van der Waals surface area contributed by atoms with Crippen molar-refractivity contribution in [3.8, 4) is 0 Å². The van der Waals surface area contributed by atoms with Crippen LogP contribution in [0.3, 0.4) is 0 Å². The number of anilines is 1. The van der Waals surface area contributed by atoms with E-state index in [0.29, 0.717) is 12.3 Å². The first kappa shape index (κ1) is 19.9. The number of hydrogen-bond donors (Lipinski definition) is 1. The molecule has 7 nitrogen and oxygen atoms in total. The third kappa shape index (κ3) is 4.60. The van der Waals surface area contributed by atoms with Crippen LogP contribution in [0.2, 0.25) is 0 Å². The summed E-state index contributed by atoms with van der Waals surface area (Å²) >= 11 is 0. The zero-order valence-corrected chi connectivity index (χ0v) is 17.7. The number of hydrogen-bond acceptors (Lipinski definition) is 5. The van der Waals surface area contributed by atoms with Crippen LogP contribution in [0.25, 0.3) is 0 Å². The van der Waals surface area contributed by atoms with Gasteiger partial charge < -0.3 is 14.8 Å². The van der Waals surface area contributed by atoms with Gasteiger partial charge in [-0.2, -0.15) is 0 Å². The van der Waals surface area contributed by atoms with Crippen molar-refractivity contribution in [2.45, 2.75) is 58.8 Å². The lowest BCUT2D eigenvalue weighted by Crippen LogP contribution is -2.52. The fourth-order valence-corrected chi connectivity index (χ4v) is 4.76. The number of aromatic amines is 1. The zero-order valence-electron chi connectivity index (χ0n) is 17.7. The summed E-state index contributed by atoms with van der Waals surface area (Å²) in [6.07, 6.45) is 10.4. The first-order chi connectivity index (χ1) is 14.1. The van der Waals surface area contributed by atoms with Gasteiger partial charge in [0, 0.05) is 62.7 Å². The predicted octanol–water partition coefficient (Wildman–Crippen LogP) is 2.91. The van der Waals surface area contributed by atoms with Crippen LogP contribution in [-0.4, -0.2) is 56.9 Å². The van der Waals surface area contributed by atoms with Crippen LogP contribution >= 0.6 is 0 Å². The molecule has 0 atom stereocenters. The number of rotatable bonds is 6. The summed E-state index contributed by atoms with van der Waals surface area (Å²) in [5.41, 5.74) is 2.49. The van der Waals surface area contributed by atoms with E-state index in [1.807, 2.05) is 13.1 Å². The van der Waals surface area contributed by atoms with Crippen LogP contribution in [0.15, 0.2) is 18.6 Å². The zero-order chi connectivity index (χ0) is 20.3. The van der Waals surface area contributed by atoms with Crippen molar-refractivity contribution in [1.29, 1.82) is 0 Å². The molecular formula is C22H32N6O. The van der Waals surface area contributed by atoms with Crippen molar-refractivity contribution in [1.82, 2.24) is 24.8 Å². The smallest absolute Gasteiger partial charge is 0.222 e. The van der Waals surface area contributed by atoms with Gasteiger partial charge in [0.05, 0.1) is 6.33 Å². The molecule has 2 aromatic heterocycles. The van der Waals surface area contributed by atoms with Gasteiger partial charge in [-0.15, -0.1) is 0 Å². The Kier molecular flexibility index (Phi) is 5.83. The van der Waals surface area contributed by atoms with Gasteiger partial charge in [-0.05, 0) is 38.0 Å². The van der Waals surface area contributed by atoms with E-state index in [1.54, 1.807) is 6.33 Å². The molecule has 4 heterocycles. The molecule has 2 aromatic rings. The average Bonchev–Trinajstić information content (AvgIpc) is 3.23. The van der Waals surface area contributed by atoms with E-state index in [-0.39, 0.29) is 5.41 Å². The van der Waals surface area contributed by atoms with Gasteiger partial charge in [0.25, 0.3) is 0 Å². The Hall–Kier alpha value is -2.44. The summed E-state index contributed by atoms with van der Waals surface area (Å²) in [5, 5.41) is 0. The van der Waals surface area contributed by atoms with Crippen LogP contribution in [0.5, 0.6) is 0 Å². The highest BCUT2D eigenvalue weighted by atomic mass is 16.2. The fraction of sp³-hybridized carbons (Fsp3) is 0.636. The van der Waals surface area contributed by atoms with Crippen molar-refractivity contribution in [3.63, 3.8) is 0 Å². The van der Waals surface area contributed by atoms with Crippen LogP contribution in [-0.2, 0) is 17.6 Å². The Morgan fingerprint density at radius 1 is 1.17 bits per heavy atom. The molecule has 0 radical (unpaired) electrons. The van der Waals surface area contributed by atoms with Crippen LogP contribution in [0.4, 0.5) is 5.82 Å². The highest BCUT2D eigenvalue weighted by molar-refractivity contribution is 5.77. The van der Waals surface area contributed by atoms with Crippen molar-refractivity contribution >= 4 is 11.7 Å². The maximum atomic E-state index is 12.5. The van der Waals surface area contributed by atoms with Crippen molar-refractivity contribution in [3.05, 3.63) is 35.8 Å². The van der Waals surface area contributed by atoms with E-state index < -0.39 is 0 Å². The second kappa shape index (κ2) is 8.51. The van der Waals surface area contributed by atoms with Gasteiger partial charge in [-0.1, -0.05) is 13.3 Å². The Morgan fingerprint density at radius 2 is 2.00 bits per heavy atom. The third-order valence-corrected chi connectivity index (χ3v) is 6.49. The quantitative estimate of drug-likeness (QED) is 0.812. The standard InChI is InChI=1S/C22H32N6O/c1-3-4-18-13-20(26-17(2)25-18)27-11-8-22(9-12-27)7-5-21(29)28(15-22)10-6-19-14-23-16-24-19/h13-14,16H,3-12,15H2,1-2H3,(H,23,24). The minimum Gasteiger partial charge on any atom is -0.356 e. The first-order valence-electron chi connectivity index (χ1n) is 10.9. The normalized spacial score (nSPS) is 19.2.